The summed E-state index contributed by atoms with van der Waals surface area (Å²) in [6.45, 7) is 5.20. The van der Waals surface area contributed by atoms with Crippen LogP contribution in [0.2, 0.25) is 0 Å². The summed E-state index contributed by atoms with van der Waals surface area (Å²) in [5.41, 5.74) is 6.11. The molecule has 5 rings (SSSR count). The molecule has 0 radical (unpaired) electrons. The SMILES string of the molecule is COc1ccc(CN2CCCc3c2nc2c(ncn2CC2CC2)c3C)cc1. The monoisotopic (exact) mass is 362 g/mol. The average molecular weight is 362 g/mol. The molecule has 27 heavy (non-hydrogen) atoms. The first-order valence-corrected chi connectivity index (χ1v) is 9.95. The van der Waals surface area contributed by atoms with Crippen LogP contribution in [0.4, 0.5) is 5.82 Å². The second-order valence-corrected chi connectivity index (χ2v) is 7.92. The lowest BCUT2D eigenvalue weighted by molar-refractivity contribution is 0.414. The fraction of sp³-hybridized carbons (Fsp3) is 0.455. The van der Waals surface area contributed by atoms with E-state index in [1.807, 2.05) is 18.5 Å². The van der Waals surface area contributed by atoms with E-state index < -0.39 is 0 Å². The first-order chi connectivity index (χ1) is 13.2. The average Bonchev–Trinajstić information content (AvgIpc) is 3.42. The van der Waals surface area contributed by atoms with Gasteiger partial charge in [-0.15, -0.1) is 0 Å². The number of pyridine rings is 1. The quantitative estimate of drug-likeness (QED) is 0.685. The minimum absolute atomic E-state index is 0.816. The van der Waals surface area contributed by atoms with E-state index in [1.165, 1.54) is 36.0 Å². The van der Waals surface area contributed by atoms with Crippen LogP contribution in [0, 0.1) is 12.8 Å². The number of imidazole rings is 1. The molecule has 1 fully saturated rings. The maximum atomic E-state index is 5.28. The third-order valence-electron chi connectivity index (χ3n) is 5.94. The van der Waals surface area contributed by atoms with Gasteiger partial charge < -0.3 is 14.2 Å². The molecule has 3 aromatic rings. The van der Waals surface area contributed by atoms with Crippen molar-refractivity contribution in [3.63, 3.8) is 0 Å². The number of hydrogen-bond donors (Lipinski definition) is 0. The van der Waals surface area contributed by atoms with E-state index in [-0.39, 0.29) is 0 Å². The molecule has 5 nitrogen and oxygen atoms in total. The number of fused-ring (bicyclic) bond motifs is 2. The fourth-order valence-electron chi connectivity index (χ4n) is 4.17. The molecular formula is C22H26N4O. The van der Waals surface area contributed by atoms with Gasteiger partial charge in [-0.3, -0.25) is 0 Å². The summed E-state index contributed by atoms with van der Waals surface area (Å²) in [6.07, 6.45) is 6.93. The summed E-state index contributed by atoms with van der Waals surface area (Å²) < 4.78 is 7.55. The molecule has 0 saturated heterocycles. The lowest BCUT2D eigenvalue weighted by atomic mass is 9.99. The molecule has 0 spiro atoms. The molecule has 0 amide bonds. The number of anilines is 1. The third-order valence-corrected chi connectivity index (χ3v) is 5.94. The van der Waals surface area contributed by atoms with Crippen molar-refractivity contribution in [3.05, 3.63) is 47.3 Å². The number of aryl methyl sites for hydroxylation is 1. The van der Waals surface area contributed by atoms with Gasteiger partial charge in [-0.1, -0.05) is 12.1 Å². The Morgan fingerprint density at radius 2 is 2.00 bits per heavy atom. The van der Waals surface area contributed by atoms with E-state index in [4.69, 9.17) is 14.7 Å². The van der Waals surface area contributed by atoms with Crippen LogP contribution < -0.4 is 9.64 Å². The Kier molecular flexibility index (Phi) is 4.03. The van der Waals surface area contributed by atoms with Crippen LogP contribution in [0.5, 0.6) is 5.75 Å². The molecule has 1 aromatic carbocycles. The Morgan fingerprint density at radius 3 is 2.74 bits per heavy atom. The van der Waals surface area contributed by atoms with Crippen molar-refractivity contribution < 1.29 is 4.74 Å². The molecule has 0 atom stereocenters. The molecule has 1 aliphatic heterocycles. The van der Waals surface area contributed by atoms with Crippen molar-refractivity contribution in [2.75, 3.05) is 18.6 Å². The molecule has 0 bridgehead atoms. The minimum Gasteiger partial charge on any atom is -0.497 e. The molecule has 0 unspecified atom stereocenters. The van der Waals surface area contributed by atoms with Crippen LogP contribution in [0.3, 0.4) is 0 Å². The Bertz CT molecular complexity index is 972. The molecule has 3 heterocycles. The van der Waals surface area contributed by atoms with Gasteiger partial charge in [-0.2, -0.15) is 0 Å². The van der Waals surface area contributed by atoms with Gasteiger partial charge in [0.25, 0.3) is 0 Å². The van der Waals surface area contributed by atoms with E-state index in [9.17, 15) is 0 Å². The van der Waals surface area contributed by atoms with Crippen molar-refractivity contribution in [2.24, 2.45) is 5.92 Å². The Morgan fingerprint density at radius 1 is 1.19 bits per heavy atom. The van der Waals surface area contributed by atoms with Crippen LogP contribution in [0.1, 0.15) is 36.0 Å². The Hall–Kier alpha value is -2.56. The van der Waals surface area contributed by atoms with Crippen LogP contribution in [0.15, 0.2) is 30.6 Å². The van der Waals surface area contributed by atoms with E-state index >= 15 is 0 Å². The number of ether oxygens (including phenoxy) is 1. The number of benzene rings is 1. The van der Waals surface area contributed by atoms with Crippen molar-refractivity contribution in [1.82, 2.24) is 14.5 Å². The summed E-state index contributed by atoms with van der Waals surface area (Å²) in [6, 6.07) is 8.37. The van der Waals surface area contributed by atoms with E-state index in [0.29, 0.717) is 0 Å². The molecule has 1 saturated carbocycles. The van der Waals surface area contributed by atoms with E-state index in [1.54, 1.807) is 7.11 Å². The topological polar surface area (TPSA) is 43.2 Å². The molecule has 140 valence electrons. The van der Waals surface area contributed by atoms with E-state index in [0.717, 1.165) is 54.7 Å². The normalized spacial score (nSPS) is 16.6. The predicted octanol–water partition coefficient (Wildman–Crippen LogP) is 4.11. The van der Waals surface area contributed by atoms with Gasteiger partial charge in [0, 0.05) is 19.6 Å². The van der Waals surface area contributed by atoms with Gasteiger partial charge in [0.1, 0.15) is 17.1 Å². The van der Waals surface area contributed by atoms with Crippen molar-refractivity contribution >= 4 is 17.0 Å². The second-order valence-electron chi connectivity index (χ2n) is 7.92. The molecule has 5 heteroatoms. The van der Waals surface area contributed by atoms with Gasteiger partial charge in [0.05, 0.1) is 13.4 Å². The summed E-state index contributed by atoms with van der Waals surface area (Å²) in [5.74, 6) is 2.87. The summed E-state index contributed by atoms with van der Waals surface area (Å²) in [5, 5.41) is 0. The molecule has 2 aromatic heterocycles. The summed E-state index contributed by atoms with van der Waals surface area (Å²) in [7, 11) is 1.71. The Labute approximate surface area is 160 Å². The first-order valence-electron chi connectivity index (χ1n) is 9.95. The fourth-order valence-corrected chi connectivity index (χ4v) is 4.17. The van der Waals surface area contributed by atoms with Gasteiger partial charge in [0.15, 0.2) is 5.65 Å². The van der Waals surface area contributed by atoms with Crippen molar-refractivity contribution in [1.29, 1.82) is 0 Å². The number of methoxy groups -OCH3 is 1. The first kappa shape index (κ1) is 16.6. The zero-order chi connectivity index (χ0) is 18.4. The maximum absolute atomic E-state index is 5.28. The highest BCUT2D eigenvalue weighted by Gasteiger charge is 2.26. The predicted molar refractivity (Wildman–Crippen MR) is 107 cm³/mol. The van der Waals surface area contributed by atoms with Gasteiger partial charge in [0.2, 0.25) is 0 Å². The zero-order valence-corrected chi connectivity index (χ0v) is 16.1. The highest BCUT2D eigenvalue weighted by molar-refractivity contribution is 5.80. The Balaban J connectivity index is 1.51. The van der Waals surface area contributed by atoms with Crippen molar-refractivity contribution in [3.8, 4) is 5.75 Å². The summed E-state index contributed by atoms with van der Waals surface area (Å²) >= 11 is 0. The third kappa shape index (κ3) is 3.05. The molecular weight excluding hydrogens is 336 g/mol. The number of nitrogens with zero attached hydrogens (tertiary/aromatic N) is 4. The van der Waals surface area contributed by atoms with Crippen LogP contribution in [-0.2, 0) is 19.5 Å². The maximum Gasteiger partial charge on any atom is 0.162 e. The molecule has 0 N–H and O–H groups in total. The van der Waals surface area contributed by atoms with Gasteiger partial charge in [-0.25, -0.2) is 9.97 Å². The van der Waals surface area contributed by atoms with Gasteiger partial charge >= 0.3 is 0 Å². The minimum atomic E-state index is 0.816. The standard InChI is InChI=1S/C22H26N4O/c1-15-19-4-3-11-25(12-17-7-9-18(27-2)10-8-17)21(19)24-22-20(15)23-14-26(22)13-16-5-6-16/h7-10,14,16H,3-6,11-13H2,1-2H3. The van der Waals surface area contributed by atoms with Crippen molar-refractivity contribution in [2.45, 2.75) is 45.7 Å². The van der Waals surface area contributed by atoms with Gasteiger partial charge in [-0.05, 0) is 67.3 Å². The molecule has 2 aliphatic rings. The van der Waals surface area contributed by atoms with E-state index in [2.05, 4.69) is 28.5 Å². The number of hydrogen-bond acceptors (Lipinski definition) is 4. The lowest BCUT2D eigenvalue weighted by Crippen LogP contribution is -2.30. The van der Waals surface area contributed by atoms with Crippen LogP contribution in [0.25, 0.3) is 11.2 Å². The smallest absolute Gasteiger partial charge is 0.162 e. The molecule has 1 aliphatic carbocycles. The highest BCUT2D eigenvalue weighted by Crippen LogP contribution is 2.35. The summed E-state index contributed by atoms with van der Waals surface area (Å²) in [4.78, 5) is 12.3. The second kappa shape index (κ2) is 6.55. The number of rotatable bonds is 5. The largest absolute Gasteiger partial charge is 0.497 e. The van der Waals surface area contributed by atoms with Crippen LogP contribution >= 0.6 is 0 Å². The number of aromatic nitrogens is 3. The highest BCUT2D eigenvalue weighted by atomic mass is 16.5. The van der Waals surface area contributed by atoms with Crippen LogP contribution in [-0.4, -0.2) is 28.2 Å². The zero-order valence-electron chi connectivity index (χ0n) is 16.1. The lowest BCUT2D eigenvalue weighted by Gasteiger charge is -2.31.